The first kappa shape index (κ1) is 18.7. The Balaban J connectivity index is 1.72. The van der Waals surface area contributed by atoms with Gasteiger partial charge >= 0.3 is 11.9 Å². The van der Waals surface area contributed by atoms with Crippen molar-refractivity contribution in [1.82, 2.24) is 5.06 Å². The Labute approximate surface area is 154 Å². The molecule has 2 aliphatic heterocycles. The number of imide groups is 1. The summed E-state index contributed by atoms with van der Waals surface area (Å²) in [5.74, 6) is -2.29. The highest BCUT2D eigenvalue weighted by atomic mass is 16.8. The van der Waals surface area contributed by atoms with E-state index in [1.165, 1.54) is 38.1 Å². The Hall–Kier alpha value is -3.04. The molecule has 0 saturated carbocycles. The molecule has 0 aromatic heterocycles. The van der Waals surface area contributed by atoms with Crippen molar-refractivity contribution in [3.05, 3.63) is 47.5 Å². The monoisotopic (exact) mass is 375 g/mol. The Bertz CT molecular complexity index is 782. The molecule has 9 heteroatoms. The maximum atomic E-state index is 12.3. The molecule has 0 bridgehead atoms. The SMILES string of the molecule is CC(=O)OCC1O[C@H](ON2C(=O)c3ccccc3C2=O)C=C[C@@H]1OC(C)=O. The van der Waals surface area contributed by atoms with Crippen LogP contribution in [0.25, 0.3) is 0 Å². The summed E-state index contributed by atoms with van der Waals surface area (Å²) in [6.45, 7) is 2.27. The van der Waals surface area contributed by atoms with E-state index < -0.39 is 42.3 Å². The summed E-state index contributed by atoms with van der Waals surface area (Å²) in [5.41, 5.74) is 0.466. The first-order chi connectivity index (χ1) is 12.9. The van der Waals surface area contributed by atoms with Gasteiger partial charge in [-0.1, -0.05) is 12.1 Å². The van der Waals surface area contributed by atoms with Crippen LogP contribution in [0, 0.1) is 0 Å². The third kappa shape index (κ3) is 4.04. The molecule has 2 aliphatic rings. The van der Waals surface area contributed by atoms with Crippen LogP contribution in [-0.2, 0) is 28.6 Å². The van der Waals surface area contributed by atoms with Crippen LogP contribution < -0.4 is 0 Å². The van der Waals surface area contributed by atoms with E-state index in [0.717, 1.165) is 0 Å². The number of amides is 2. The number of carbonyl (C=O) groups is 4. The van der Waals surface area contributed by atoms with Crippen molar-refractivity contribution >= 4 is 23.8 Å². The lowest BCUT2D eigenvalue weighted by molar-refractivity contribution is -0.249. The van der Waals surface area contributed by atoms with Gasteiger partial charge < -0.3 is 14.2 Å². The highest BCUT2D eigenvalue weighted by Gasteiger charge is 2.40. The largest absolute Gasteiger partial charge is 0.463 e. The number of benzene rings is 1. The van der Waals surface area contributed by atoms with E-state index in [1.807, 2.05) is 0 Å². The lowest BCUT2D eigenvalue weighted by atomic mass is 10.1. The summed E-state index contributed by atoms with van der Waals surface area (Å²) in [6.07, 6.45) is 0.120. The van der Waals surface area contributed by atoms with Gasteiger partial charge in [0, 0.05) is 13.8 Å². The fraction of sp³-hybridized carbons (Fsp3) is 0.333. The molecule has 0 fully saturated rings. The van der Waals surface area contributed by atoms with Gasteiger partial charge in [0.05, 0.1) is 11.1 Å². The summed E-state index contributed by atoms with van der Waals surface area (Å²) in [4.78, 5) is 52.4. The van der Waals surface area contributed by atoms with Crippen LogP contribution in [0.2, 0.25) is 0 Å². The molecule has 1 aromatic rings. The molecule has 0 radical (unpaired) electrons. The van der Waals surface area contributed by atoms with Gasteiger partial charge in [-0.2, -0.15) is 0 Å². The third-order valence-electron chi connectivity index (χ3n) is 3.85. The summed E-state index contributed by atoms with van der Waals surface area (Å²) in [5, 5.41) is 0.620. The number of ether oxygens (including phenoxy) is 3. The zero-order valence-electron chi connectivity index (χ0n) is 14.6. The van der Waals surface area contributed by atoms with E-state index in [0.29, 0.717) is 5.06 Å². The molecule has 0 N–H and O–H groups in total. The molecule has 9 nitrogen and oxygen atoms in total. The van der Waals surface area contributed by atoms with Crippen LogP contribution in [-0.4, -0.2) is 53.9 Å². The maximum absolute atomic E-state index is 12.3. The van der Waals surface area contributed by atoms with Gasteiger partial charge in [-0.3, -0.25) is 19.2 Å². The number of nitrogens with zero attached hydrogens (tertiary/aromatic N) is 1. The van der Waals surface area contributed by atoms with Gasteiger partial charge in [0.25, 0.3) is 11.8 Å². The summed E-state index contributed by atoms with van der Waals surface area (Å²) >= 11 is 0. The smallest absolute Gasteiger partial charge is 0.303 e. The Morgan fingerprint density at radius 3 is 2.22 bits per heavy atom. The van der Waals surface area contributed by atoms with Gasteiger partial charge in [0.2, 0.25) is 6.29 Å². The number of rotatable bonds is 5. The standard InChI is InChI=1S/C18H17NO8/c1-10(20)24-9-15-14(25-11(2)21)7-8-16(26-15)27-19-17(22)12-5-3-4-6-13(12)18(19)23/h3-8,14-16H,9H2,1-2H3/t14-,15?,16+/m0/s1. The molecular formula is C18H17NO8. The quantitative estimate of drug-likeness (QED) is 0.426. The number of esters is 2. The van der Waals surface area contributed by atoms with Gasteiger partial charge in [-0.25, -0.2) is 4.84 Å². The van der Waals surface area contributed by atoms with E-state index in [9.17, 15) is 19.2 Å². The van der Waals surface area contributed by atoms with Crippen LogP contribution >= 0.6 is 0 Å². The minimum absolute atomic E-state index is 0.195. The summed E-state index contributed by atoms with van der Waals surface area (Å²) in [6, 6.07) is 6.33. The van der Waals surface area contributed by atoms with Crippen molar-refractivity contribution in [3.63, 3.8) is 0 Å². The molecular weight excluding hydrogens is 358 g/mol. The maximum Gasteiger partial charge on any atom is 0.303 e. The number of hydrogen-bond donors (Lipinski definition) is 0. The highest BCUT2D eigenvalue weighted by molar-refractivity contribution is 6.20. The van der Waals surface area contributed by atoms with Crippen LogP contribution in [0.1, 0.15) is 34.6 Å². The Kier molecular flexibility index (Phi) is 5.33. The molecule has 2 heterocycles. The van der Waals surface area contributed by atoms with E-state index in [2.05, 4.69) is 0 Å². The van der Waals surface area contributed by atoms with Crippen molar-refractivity contribution in [2.45, 2.75) is 32.3 Å². The first-order valence-electron chi connectivity index (χ1n) is 8.15. The second-order valence-electron chi connectivity index (χ2n) is 5.86. The van der Waals surface area contributed by atoms with Crippen molar-refractivity contribution in [2.24, 2.45) is 0 Å². The van der Waals surface area contributed by atoms with Crippen molar-refractivity contribution in [3.8, 4) is 0 Å². The average Bonchev–Trinajstić information content (AvgIpc) is 2.86. The van der Waals surface area contributed by atoms with E-state index in [-0.39, 0.29) is 17.7 Å². The molecule has 27 heavy (non-hydrogen) atoms. The minimum Gasteiger partial charge on any atom is -0.463 e. The zero-order valence-corrected chi connectivity index (χ0v) is 14.6. The minimum atomic E-state index is -1.11. The predicted octanol–water partition coefficient (Wildman–Crippen LogP) is 0.990. The van der Waals surface area contributed by atoms with Crippen LogP contribution in [0.5, 0.6) is 0 Å². The molecule has 1 unspecified atom stereocenters. The van der Waals surface area contributed by atoms with Gasteiger partial charge in [-0.15, -0.1) is 5.06 Å². The Morgan fingerprint density at radius 2 is 1.67 bits per heavy atom. The van der Waals surface area contributed by atoms with Crippen LogP contribution in [0.3, 0.4) is 0 Å². The average molecular weight is 375 g/mol. The fourth-order valence-corrected chi connectivity index (χ4v) is 2.69. The number of carbonyl (C=O) groups excluding carboxylic acids is 4. The molecule has 0 saturated heterocycles. The summed E-state index contributed by atoms with van der Waals surface area (Å²) < 4.78 is 15.6. The molecule has 2 amide bonds. The van der Waals surface area contributed by atoms with Crippen LogP contribution in [0.4, 0.5) is 0 Å². The number of hydrogen-bond acceptors (Lipinski definition) is 8. The lowest BCUT2D eigenvalue weighted by Crippen LogP contribution is -2.44. The molecule has 0 aliphatic carbocycles. The molecule has 1 aromatic carbocycles. The van der Waals surface area contributed by atoms with Gasteiger partial charge in [-0.05, 0) is 24.3 Å². The predicted molar refractivity (Wildman–Crippen MR) is 88.0 cm³/mol. The zero-order chi connectivity index (χ0) is 19.6. The van der Waals surface area contributed by atoms with Gasteiger partial charge in [0.15, 0.2) is 0 Å². The normalized spacial score (nSPS) is 23.9. The second kappa shape index (κ2) is 7.68. The van der Waals surface area contributed by atoms with Gasteiger partial charge in [0.1, 0.15) is 18.8 Å². The van der Waals surface area contributed by atoms with E-state index >= 15 is 0 Å². The highest BCUT2D eigenvalue weighted by Crippen LogP contribution is 2.25. The molecule has 3 atom stereocenters. The number of fused-ring (bicyclic) bond motifs is 1. The fourth-order valence-electron chi connectivity index (χ4n) is 2.69. The van der Waals surface area contributed by atoms with E-state index in [4.69, 9.17) is 19.0 Å². The van der Waals surface area contributed by atoms with Crippen molar-refractivity contribution in [1.29, 1.82) is 0 Å². The third-order valence-corrected chi connectivity index (χ3v) is 3.85. The first-order valence-corrected chi connectivity index (χ1v) is 8.15. The molecule has 142 valence electrons. The lowest BCUT2D eigenvalue weighted by Gasteiger charge is -2.32. The second-order valence-corrected chi connectivity index (χ2v) is 5.86. The topological polar surface area (TPSA) is 108 Å². The molecule has 3 rings (SSSR count). The van der Waals surface area contributed by atoms with E-state index in [1.54, 1.807) is 12.1 Å². The summed E-state index contributed by atoms with van der Waals surface area (Å²) in [7, 11) is 0. The van der Waals surface area contributed by atoms with Crippen molar-refractivity contribution < 1.29 is 38.2 Å². The number of hydroxylamine groups is 2. The van der Waals surface area contributed by atoms with Crippen molar-refractivity contribution in [2.75, 3.05) is 6.61 Å². The van der Waals surface area contributed by atoms with Crippen LogP contribution in [0.15, 0.2) is 36.4 Å². The Morgan fingerprint density at radius 1 is 1.04 bits per heavy atom. The molecule has 0 spiro atoms.